The van der Waals surface area contributed by atoms with E-state index in [2.05, 4.69) is 10.4 Å². The van der Waals surface area contributed by atoms with E-state index in [0.717, 1.165) is 22.5 Å². The summed E-state index contributed by atoms with van der Waals surface area (Å²) in [6, 6.07) is 19.3. The van der Waals surface area contributed by atoms with Gasteiger partial charge in [-0.2, -0.15) is 10.2 Å². The molecule has 0 radical (unpaired) electrons. The van der Waals surface area contributed by atoms with Crippen molar-refractivity contribution in [3.8, 4) is 16.9 Å². The van der Waals surface area contributed by atoms with Gasteiger partial charge in [0, 0.05) is 37.1 Å². The monoisotopic (exact) mass is 401 g/mol. The van der Waals surface area contributed by atoms with Crippen LogP contribution in [0.4, 0.5) is 0 Å². The van der Waals surface area contributed by atoms with Crippen LogP contribution in [0.3, 0.4) is 0 Å². The molecule has 0 aliphatic heterocycles. The first-order chi connectivity index (χ1) is 14.5. The lowest BCUT2D eigenvalue weighted by Gasteiger charge is -2.05. The Hall–Kier alpha value is -4.20. The Balaban J connectivity index is 1.64. The molecule has 0 aliphatic rings. The first-order valence-corrected chi connectivity index (χ1v) is 9.27. The Morgan fingerprint density at radius 3 is 2.30 bits per heavy atom. The molecule has 8 nitrogen and oxygen atoms in total. The molecule has 150 valence electrons. The number of hydrogen-bond acceptors (Lipinski definition) is 4. The van der Waals surface area contributed by atoms with Gasteiger partial charge in [0.2, 0.25) is 0 Å². The van der Waals surface area contributed by atoms with Crippen LogP contribution in [0, 0.1) is 0 Å². The van der Waals surface area contributed by atoms with Gasteiger partial charge in [-0.3, -0.25) is 9.48 Å². The number of benzene rings is 2. The van der Waals surface area contributed by atoms with Crippen LogP contribution < -0.4 is 5.32 Å². The SMILES string of the molecule is Cn1cc(C(=O)O)c(C(=O)NCc2cn(-c3ccccc3)nc2-c2ccccc2)n1. The van der Waals surface area contributed by atoms with Crippen LogP contribution >= 0.6 is 0 Å². The van der Waals surface area contributed by atoms with Crippen molar-refractivity contribution >= 4 is 11.9 Å². The quantitative estimate of drug-likeness (QED) is 0.517. The number of rotatable bonds is 6. The highest BCUT2D eigenvalue weighted by atomic mass is 16.4. The van der Waals surface area contributed by atoms with Gasteiger partial charge in [0.15, 0.2) is 5.69 Å². The Bertz CT molecular complexity index is 1200. The zero-order valence-corrected chi connectivity index (χ0v) is 16.2. The van der Waals surface area contributed by atoms with E-state index in [9.17, 15) is 14.7 Å². The summed E-state index contributed by atoms with van der Waals surface area (Å²) in [7, 11) is 1.57. The van der Waals surface area contributed by atoms with Gasteiger partial charge >= 0.3 is 5.97 Å². The fourth-order valence-electron chi connectivity index (χ4n) is 3.16. The highest BCUT2D eigenvalue weighted by Crippen LogP contribution is 2.23. The number of carbonyl (C=O) groups excluding carboxylic acids is 1. The molecule has 0 unspecified atom stereocenters. The zero-order valence-electron chi connectivity index (χ0n) is 16.2. The van der Waals surface area contributed by atoms with E-state index >= 15 is 0 Å². The van der Waals surface area contributed by atoms with Gasteiger partial charge < -0.3 is 10.4 Å². The van der Waals surface area contributed by atoms with Crippen molar-refractivity contribution in [3.63, 3.8) is 0 Å². The maximum Gasteiger partial charge on any atom is 0.339 e. The predicted molar refractivity (Wildman–Crippen MR) is 110 cm³/mol. The van der Waals surface area contributed by atoms with E-state index < -0.39 is 11.9 Å². The molecule has 0 bridgehead atoms. The summed E-state index contributed by atoms with van der Waals surface area (Å²) in [6.45, 7) is 0.172. The fourth-order valence-corrected chi connectivity index (χ4v) is 3.16. The van der Waals surface area contributed by atoms with Gasteiger partial charge in [-0.1, -0.05) is 48.5 Å². The maximum absolute atomic E-state index is 12.6. The lowest BCUT2D eigenvalue weighted by molar-refractivity contribution is 0.0691. The first kappa shape index (κ1) is 19.1. The molecule has 4 rings (SSSR count). The van der Waals surface area contributed by atoms with Crippen molar-refractivity contribution in [1.82, 2.24) is 24.9 Å². The van der Waals surface area contributed by atoms with Crippen LogP contribution in [0.2, 0.25) is 0 Å². The third-order valence-corrected chi connectivity index (χ3v) is 4.57. The molecular weight excluding hydrogens is 382 g/mol. The van der Waals surface area contributed by atoms with E-state index in [-0.39, 0.29) is 17.8 Å². The van der Waals surface area contributed by atoms with E-state index in [1.807, 2.05) is 66.9 Å². The molecule has 2 aromatic carbocycles. The second-order valence-corrected chi connectivity index (χ2v) is 6.70. The second kappa shape index (κ2) is 8.04. The van der Waals surface area contributed by atoms with Crippen molar-refractivity contribution in [3.05, 3.63) is 89.9 Å². The standard InChI is InChI=1S/C22H19N5O3/c1-26-14-18(22(29)30)20(24-26)21(28)23-12-16-13-27(17-10-6-3-7-11-17)25-19(16)15-8-4-2-5-9-15/h2-11,13-14H,12H2,1H3,(H,23,28)(H,29,30). The molecule has 0 saturated carbocycles. The van der Waals surface area contributed by atoms with Gasteiger partial charge in [0.1, 0.15) is 5.56 Å². The molecule has 2 heterocycles. The van der Waals surface area contributed by atoms with Gasteiger partial charge in [0.05, 0.1) is 11.4 Å². The number of para-hydroxylation sites is 1. The first-order valence-electron chi connectivity index (χ1n) is 9.27. The Morgan fingerprint density at radius 1 is 0.967 bits per heavy atom. The third-order valence-electron chi connectivity index (χ3n) is 4.57. The van der Waals surface area contributed by atoms with E-state index in [1.54, 1.807) is 11.7 Å². The number of carbonyl (C=O) groups is 2. The van der Waals surface area contributed by atoms with Gasteiger partial charge in [-0.05, 0) is 12.1 Å². The average Bonchev–Trinajstić information content (AvgIpc) is 3.37. The summed E-state index contributed by atoms with van der Waals surface area (Å²) in [5.41, 5.74) is 3.08. The lowest BCUT2D eigenvalue weighted by atomic mass is 10.1. The largest absolute Gasteiger partial charge is 0.478 e. The van der Waals surface area contributed by atoms with Crippen molar-refractivity contribution in [1.29, 1.82) is 0 Å². The van der Waals surface area contributed by atoms with E-state index in [0.29, 0.717) is 0 Å². The smallest absolute Gasteiger partial charge is 0.339 e. The molecule has 2 N–H and O–H groups in total. The zero-order chi connectivity index (χ0) is 21.1. The van der Waals surface area contributed by atoms with Crippen LogP contribution in [0.5, 0.6) is 0 Å². The highest BCUT2D eigenvalue weighted by molar-refractivity contribution is 6.03. The second-order valence-electron chi connectivity index (χ2n) is 6.70. The number of aromatic nitrogens is 4. The van der Waals surface area contributed by atoms with E-state index in [1.165, 1.54) is 10.9 Å². The van der Waals surface area contributed by atoms with Crippen LogP contribution in [-0.2, 0) is 13.6 Å². The molecule has 0 fully saturated rings. The lowest BCUT2D eigenvalue weighted by Crippen LogP contribution is -2.25. The number of nitrogens with one attached hydrogen (secondary N) is 1. The number of aryl methyl sites for hydroxylation is 1. The molecule has 0 atom stereocenters. The van der Waals surface area contributed by atoms with Crippen LogP contribution in [0.15, 0.2) is 73.1 Å². The predicted octanol–water partition coefficient (Wildman–Crippen LogP) is 2.90. The van der Waals surface area contributed by atoms with Crippen molar-refractivity contribution < 1.29 is 14.7 Å². The summed E-state index contributed by atoms with van der Waals surface area (Å²) >= 11 is 0. The molecular formula is C22H19N5O3. The Labute approximate surface area is 172 Å². The fraction of sp³-hybridized carbons (Fsp3) is 0.0909. The Morgan fingerprint density at radius 2 is 1.63 bits per heavy atom. The minimum Gasteiger partial charge on any atom is -0.478 e. The van der Waals surface area contributed by atoms with Gasteiger partial charge in [0.25, 0.3) is 5.91 Å². The molecule has 0 aliphatic carbocycles. The molecule has 30 heavy (non-hydrogen) atoms. The third kappa shape index (κ3) is 3.83. The van der Waals surface area contributed by atoms with E-state index in [4.69, 9.17) is 5.10 Å². The number of carboxylic acid groups (broad SMARTS) is 1. The number of hydrogen-bond donors (Lipinski definition) is 2. The Kier molecular flexibility index (Phi) is 5.13. The highest BCUT2D eigenvalue weighted by Gasteiger charge is 2.21. The van der Waals surface area contributed by atoms with Crippen LogP contribution in [0.25, 0.3) is 16.9 Å². The molecule has 0 spiro atoms. The molecule has 4 aromatic rings. The topological polar surface area (TPSA) is 102 Å². The summed E-state index contributed by atoms with van der Waals surface area (Å²) in [6.07, 6.45) is 3.16. The van der Waals surface area contributed by atoms with Crippen LogP contribution in [0.1, 0.15) is 26.4 Å². The summed E-state index contributed by atoms with van der Waals surface area (Å²) in [5, 5.41) is 20.7. The minimum absolute atomic E-state index is 0.123. The summed E-state index contributed by atoms with van der Waals surface area (Å²) < 4.78 is 3.06. The van der Waals surface area contributed by atoms with Crippen molar-refractivity contribution in [2.45, 2.75) is 6.54 Å². The summed E-state index contributed by atoms with van der Waals surface area (Å²) in [5.74, 6) is -1.76. The maximum atomic E-state index is 12.6. The molecule has 2 aromatic heterocycles. The van der Waals surface area contributed by atoms with Crippen LogP contribution in [-0.4, -0.2) is 36.5 Å². The molecule has 1 amide bonds. The van der Waals surface area contributed by atoms with Gasteiger partial charge in [-0.25, -0.2) is 9.48 Å². The average molecular weight is 401 g/mol. The number of carboxylic acids is 1. The van der Waals surface area contributed by atoms with Gasteiger partial charge in [-0.15, -0.1) is 0 Å². The summed E-state index contributed by atoms with van der Waals surface area (Å²) in [4.78, 5) is 24.0. The van der Waals surface area contributed by atoms with Crippen molar-refractivity contribution in [2.75, 3.05) is 0 Å². The number of amides is 1. The number of aromatic carboxylic acids is 1. The normalized spacial score (nSPS) is 10.7. The minimum atomic E-state index is -1.20. The molecule has 0 saturated heterocycles. The number of nitrogens with zero attached hydrogens (tertiary/aromatic N) is 4. The van der Waals surface area contributed by atoms with Crippen molar-refractivity contribution in [2.24, 2.45) is 7.05 Å². The molecule has 8 heteroatoms.